The van der Waals surface area contributed by atoms with Crippen molar-refractivity contribution in [3.63, 3.8) is 0 Å². The number of carbonyl (C=O) groups excluding carboxylic acids is 1. The molecule has 10 heteroatoms. The molecule has 0 bridgehead atoms. The van der Waals surface area contributed by atoms with Crippen LogP contribution in [0.1, 0.15) is 6.92 Å². The lowest BCUT2D eigenvalue weighted by Gasteiger charge is -2.39. The number of benzene rings is 2. The van der Waals surface area contributed by atoms with Crippen molar-refractivity contribution in [2.75, 3.05) is 41.6 Å². The van der Waals surface area contributed by atoms with Crippen LogP contribution in [0.15, 0.2) is 42.5 Å². The van der Waals surface area contributed by atoms with Crippen molar-refractivity contribution in [2.24, 2.45) is 0 Å². The summed E-state index contributed by atoms with van der Waals surface area (Å²) in [6, 6.07) is 7.60. The van der Waals surface area contributed by atoms with Gasteiger partial charge in [-0.1, -0.05) is 0 Å². The number of hydrogen-bond acceptors (Lipinski definition) is 4. The van der Waals surface area contributed by atoms with Crippen LogP contribution in [0.25, 0.3) is 0 Å². The first-order valence-electron chi connectivity index (χ1n) is 9.31. The van der Waals surface area contributed by atoms with Gasteiger partial charge >= 0.3 is 0 Å². The minimum absolute atomic E-state index is 0.123. The summed E-state index contributed by atoms with van der Waals surface area (Å²) >= 11 is 0. The normalized spacial score (nSPS) is 15.8. The highest BCUT2D eigenvalue weighted by molar-refractivity contribution is 7.92. The number of piperazine rings is 1. The van der Waals surface area contributed by atoms with Crippen LogP contribution in [0.4, 0.5) is 24.5 Å². The van der Waals surface area contributed by atoms with E-state index in [1.807, 2.05) is 4.90 Å². The number of anilines is 2. The number of sulfonamides is 1. The SMILES string of the molecule is CC(C(=O)N1CCN(c2ccc(F)cc2)CC1)N(c1ccc(F)c(F)c1)S(C)(=O)=O. The van der Waals surface area contributed by atoms with Crippen molar-refractivity contribution in [1.82, 2.24) is 4.90 Å². The maximum atomic E-state index is 13.7. The van der Waals surface area contributed by atoms with Crippen LogP contribution in [0.3, 0.4) is 0 Å². The smallest absolute Gasteiger partial charge is 0.246 e. The van der Waals surface area contributed by atoms with Crippen LogP contribution in [0.2, 0.25) is 0 Å². The Morgan fingerprint density at radius 2 is 1.57 bits per heavy atom. The van der Waals surface area contributed by atoms with Crippen molar-refractivity contribution in [1.29, 1.82) is 0 Å². The van der Waals surface area contributed by atoms with E-state index in [0.717, 1.165) is 34.4 Å². The highest BCUT2D eigenvalue weighted by Gasteiger charge is 2.33. The lowest BCUT2D eigenvalue weighted by molar-refractivity contribution is -0.132. The Morgan fingerprint density at radius 1 is 0.967 bits per heavy atom. The fourth-order valence-electron chi connectivity index (χ4n) is 3.53. The second-order valence-electron chi connectivity index (χ2n) is 7.12. The molecule has 2 aromatic carbocycles. The molecule has 1 aliphatic heterocycles. The van der Waals surface area contributed by atoms with Crippen LogP contribution in [0, 0.1) is 17.5 Å². The third-order valence-corrected chi connectivity index (χ3v) is 6.25. The van der Waals surface area contributed by atoms with Gasteiger partial charge in [0.15, 0.2) is 11.6 Å². The van der Waals surface area contributed by atoms with Crippen LogP contribution in [0.5, 0.6) is 0 Å². The average Bonchev–Trinajstić information content (AvgIpc) is 2.70. The summed E-state index contributed by atoms with van der Waals surface area (Å²) in [5.41, 5.74) is 0.707. The predicted molar refractivity (Wildman–Crippen MR) is 108 cm³/mol. The predicted octanol–water partition coefficient (Wildman–Crippen LogP) is 2.61. The molecule has 2 aromatic rings. The summed E-state index contributed by atoms with van der Waals surface area (Å²) in [5.74, 6) is -3.08. The van der Waals surface area contributed by atoms with Crippen LogP contribution in [-0.4, -0.2) is 57.7 Å². The Balaban J connectivity index is 1.74. The molecule has 1 amide bonds. The van der Waals surface area contributed by atoms with Gasteiger partial charge in [0.1, 0.15) is 11.9 Å². The zero-order valence-corrected chi connectivity index (χ0v) is 17.4. The minimum Gasteiger partial charge on any atom is -0.368 e. The number of rotatable bonds is 5. The van der Waals surface area contributed by atoms with Gasteiger partial charge in [-0.2, -0.15) is 0 Å². The van der Waals surface area contributed by atoms with E-state index in [0.29, 0.717) is 26.2 Å². The molecule has 1 heterocycles. The largest absolute Gasteiger partial charge is 0.368 e. The summed E-state index contributed by atoms with van der Waals surface area (Å²) in [4.78, 5) is 16.5. The molecule has 1 atom stereocenters. The number of halogens is 3. The van der Waals surface area contributed by atoms with E-state index in [1.54, 1.807) is 12.1 Å². The Kier molecular flexibility index (Phi) is 6.25. The van der Waals surface area contributed by atoms with Crippen molar-refractivity contribution < 1.29 is 26.4 Å². The zero-order chi connectivity index (χ0) is 22.1. The first-order chi connectivity index (χ1) is 14.1. The second kappa shape index (κ2) is 8.55. The molecule has 30 heavy (non-hydrogen) atoms. The quantitative estimate of drug-likeness (QED) is 0.716. The molecule has 0 saturated carbocycles. The molecule has 3 rings (SSSR count). The summed E-state index contributed by atoms with van der Waals surface area (Å²) < 4.78 is 65.5. The van der Waals surface area contributed by atoms with E-state index in [2.05, 4.69) is 0 Å². The number of carbonyl (C=O) groups is 1. The van der Waals surface area contributed by atoms with E-state index in [9.17, 15) is 26.4 Å². The second-order valence-corrected chi connectivity index (χ2v) is 8.98. The zero-order valence-electron chi connectivity index (χ0n) is 16.6. The molecular formula is C20H22F3N3O3S. The molecule has 1 fully saturated rings. The first kappa shape index (κ1) is 21.9. The van der Waals surface area contributed by atoms with Gasteiger partial charge in [-0.15, -0.1) is 0 Å². The van der Waals surface area contributed by atoms with E-state index in [4.69, 9.17) is 0 Å². The molecule has 1 saturated heterocycles. The average molecular weight is 441 g/mol. The van der Waals surface area contributed by atoms with Crippen LogP contribution < -0.4 is 9.21 Å². The van der Waals surface area contributed by atoms with Gasteiger partial charge in [0, 0.05) is 37.9 Å². The van der Waals surface area contributed by atoms with Gasteiger partial charge < -0.3 is 9.80 Å². The molecule has 0 aromatic heterocycles. The minimum atomic E-state index is -3.94. The number of nitrogens with zero attached hydrogens (tertiary/aromatic N) is 3. The van der Waals surface area contributed by atoms with Crippen molar-refractivity contribution in [2.45, 2.75) is 13.0 Å². The van der Waals surface area contributed by atoms with Gasteiger partial charge in [0.25, 0.3) is 0 Å². The van der Waals surface area contributed by atoms with Gasteiger partial charge in [-0.25, -0.2) is 21.6 Å². The van der Waals surface area contributed by atoms with Gasteiger partial charge in [-0.3, -0.25) is 9.10 Å². The number of amides is 1. The molecule has 0 N–H and O–H groups in total. The van der Waals surface area contributed by atoms with Gasteiger partial charge in [-0.05, 0) is 43.3 Å². The maximum Gasteiger partial charge on any atom is 0.246 e. The fraction of sp³-hybridized carbons (Fsp3) is 0.350. The van der Waals surface area contributed by atoms with Crippen molar-refractivity contribution in [3.05, 3.63) is 59.9 Å². The third kappa shape index (κ3) is 4.69. The molecule has 1 aliphatic rings. The molecule has 162 valence electrons. The summed E-state index contributed by atoms with van der Waals surface area (Å²) in [5, 5.41) is 0. The lowest BCUT2D eigenvalue weighted by atomic mass is 10.2. The molecule has 0 spiro atoms. The molecule has 0 aliphatic carbocycles. The standard InChI is InChI=1S/C20H22F3N3O3S/c1-14(26(30(2,28)29)17-7-8-18(22)19(23)13-17)20(27)25-11-9-24(10-12-25)16-5-3-15(21)4-6-16/h3-8,13-14H,9-12H2,1-2H3. The van der Waals surface area contributed by atoms with Gasteiger partial charge in [0.2, 0.25) is 15.9 Å². The summed E-state index contributed by atoms with van der Waals surface area (Å²) in [6.45, 7) is 3.09. The number of hydrogen-bond donors (Lipinski definition) is 0. The molecule has 6 nitrogen and oxygen atoms in total. The first-order valence-corrected chi connectivity index (χ1v) is 11.2. The maximum absolute atomic E-state index is 13.7. The van der Waals surface area contributed by atoms with Crippen LogP contribution in [-0.2, 0) is 14.8 Å². The van der Waals surface area contributed by atoms with Crippen LogP contribution >= 0.6 is 0 Å². The van der Waals surface area contributed by atoms with E-state index >= 15 is 0 Å². The van der Waals surface area contributed by atoms with Gasteiger partial charge in [0.05, 0.1) is 11.9 Å². The molecular weight excluding hydrogens is 419 g/mol. The Morgan fingerprint density at radius 3 is 2.10 bits per heavy atom. The van der Waals surface area contributed by atoms with E-state index < -0.39 is 33.6 Å². The van der Waals surface area contributed by atoms with Crippen molar-refractivity contribution in [3.8, 4) is 0 Å². The summed E-state index contributed by atoms with van der Waals surface area (Å²) in [6.07, 6.45) is 0.907. The fourth-order valence-corrected chi connectivity index (χ4v) is 4.69. The molecule has 0 radical (unpaired) electrons. The Hall–Kier alpha value is -2.75. The monoisotopic (exact) mass is 441 g/mol. The third-order valence-electron chi connectivity index (χ3n) is 5.01. The highest BCUT2D eigenvalue weighted by Crippen LogP contribution is 2.25. The lowest BCUT2D eigenvalue weighted by Crippen LogP contribution is -2.55. The Bertz CT molecular complexity index is 1020. The Labute approximate surface area is 173 Å². The van der Waals surface area contributed by atoms with E-state index in [-0.39, 0.29) is 11.5 Å². The highest BCUT2D eigenvalue weighted by atomic mass is 32.2. The van der Waals surface area contributed by atoms with Crippen molar-refractivity contribution >= 4 is 27.3 Å². The topological polar surface area (TPSA) is 60.9 Å². The van der Waals surface area contributed by atoms with E-state index in [1.165, 1.54) is 24.0 Å². The molecule has 1 unspecified atom stereocenters. The summed E-state index contributed by atoms with van der Waals surface area (Å²) in [7, 11) is -3.94.